The Labute approximate surface area is 140 Å². The normalized spacial score (nSPS) is 25.7. The summed E-state index contributed by atoms with van der Waals surface area (Å²) in [4.78, 5) is 12.5. The molecule has 0 spiro atoms. The average Bonchev–Trinajstić information content (AvgIpc) is 2.65. The van der Waals surface area contributed by atoms with Crippen LogP contribution in [-0.4, -0.2) is 44.6 Å². The Morgan fingerprint density at radius 2 is 2.04 bits per heavy atom. The van der Waals surface area contributed by atoms with E-state index in [0.717, 1.165) is 6.42 Å². The van der Waals surface area contributed by atoms with E-state index in [1.54, 1.807) is 13.0 Å². The van der Waals surface area contributed by atoms with Crippen molar-refractivity contribution in [3.05, 3.63) is 22.7 Å². The molecule has 1 amide bonds. The maximum atomic E-state index is 12.5. The molecule has 8 heteroatoms. The van der Waals surface area contributed by atoms with E-state index in [1.807, 2.05) is 0 Å². The van der Waals surface area contributed by atoms with Crippen molar-refractivity contribution in [1.29, 1.82) is 0 Å². The summed E-state index contributed by atoms with van der Waals surface area (Å²) < 4.78 is 34.4. The minimum absolute atomic E-state index is 0.0516. The molecule has 3 rings (SSSR count). The van der Waals surface area contributed by atoms with Crippen molar-refractivity contribution in [2.75, 3.05) is 24.7 Å². The second-order valence-electron chi connectivity index (χ2n) is 6.19. The van der Waals surface area contributed by atoms with Crippen LogP contribution < -0.4 is 14.8 Å². The molecule has 1 unspecified atom stereocenters. The van der Waals surface area contributed by atoms with Crippen LogP contribution in [0.5, 0.6) is 11.5 Å². The third kappa shape index (κ3) is 3.55. The van der Waals surface area contributed by atoms with Gasteiger partial charge in [0.05, 0.1) is 35.3 Å². The highest BCUT2D eigenvalue weighted by Crippen LogP contribution is 2.38. The van der Waals surface area contributed by atoms with E-state index in [2.05, 4.69) is 5.32 Å². The zero-order chi connectivity index (χ0) is 16.7. The summed E-state index contributed by atoms with van der Waals surface area (Å²) in [5.41, 5.74) is -0.434. The molecule has 1 atom stereocenters. The first-order chi connectivity index (χ1) is 10.8. The second-order valence-corrected chi connectivity index (χ2v) is 8.78. The van der Waals surface area contributed by atoms with Crippen molar-refractivity contribution in [3.63, 3.8) is 0 Å². The fraction of sp³-hybridized carbons (Fsp3) is 0.533. The molecule has 23 heavy (non-hydrogen) atoms. The highest BCUT2D eigenvalue weighted by molar-refractivity contribution is 7.91. The van der Waals surface area contributed by atoms with E-state index < -0.39 is 15.4 Å². The molecule has 1 aromatic rings. The lowest BCUT2D eigenvalue weighted by molar-refractivity contribution is 0.0915. The van der Waals surface area contributed by atoms with Crippen molar-refractivity contribution in [3.8, 4) is 11.5 Å². The Balaban J connectivity index is 1.83. The molecule has 6 nitrogen and oxygen atoms in total. The maximum Gasteiger partial charge on any atom is 0.251 e. The summed E-state index contributed by atoms with van der Waals surface area (Å²) in [6.45, 7) is 2.73. The van der Waals surface area contributed by atoms with Gasteiger partial charge in [-0.1, -0.05) is 11.6 Å². The lowest BCUT2D eigenvalue weighted by Crippen LogP contribution is -2.46. The van der Waals surface area contributed by atoms with E-state index in [-0.39, 0.29) is 17.4 Å². The predicted molar refractivity (Wildman–Crippen MR) is 86.2 cm³/mol. The highest BCUT2D eigenvalue weighted by atomic mass is 35.5. The van der Waals surface area contributed by atoms with Crippen molar-refractivity contribution >= 4 is 27.3 Å². The SMILES string of the molecule is CC1(NC(=O)c2cc(Cl)c3c(c2)OCCCO3)CCS(=O)(=O)C1. The number of ether oxygens (including phenoxy) is 2. The van der Waals surface area contributed by atoms with Gasteiger partial charge >= 0.3 is 0 Å². The van der Waals surface area contributed by atoms with Gasteiger partial charge in [-0.25, -0.2) is 8.42 Å². The zero-order valence-corrected chi connectivity index (χ0v) is 14.3. The van der Waals surface area contributed by atoms with Gasteiger partial charge in [0, 0.05) is 12.0 Å². The van der Waals surface area contributed by atoms with Crippen molar-refractivity contribution in [2.24, 2.45) is 0 Å². The largest absolute Gasteiger partial charge is 0.489 e. The van der Waals surface area contributed by atoms with Gasteiger partial charge in [0.1, 0.15) is 0 Å². The van der Waals surface area contributed by atoms with Gasteiger partial charge in [-0.05, 0) is 25.5 Å². The van der Waals surface area contributed by atoms with Gasteiger partial charge in [0.25, 0.3) is 5.91 Å². The average molecular weight is 360 g/mol. The van der Waals surface area contributed by atoms with Gasteiger partial charge in [0.2, 0.25) is 0 Å². The molecule has 1 aromatic carbocycles. The fourth-order valence-corrected chi connectivity index (χ4v) is 5.18. The standard InChI is InChI=1S/C15H18ClNO5S/c1-15(3-6-23(19,20)9-15)17-14(18)10-7-11(16)13-12(8-10)21-4-2-5-22-13/h7-8H,2-6,9H2,1H3,(H,17,18). The number of carbonyl (C=O) groups excluding carboxylic acids is 1. The summed E-state index contributed by atoms with van der Waals surface area (Å²) in [6, 6.07) is 3.09. The molecule has 126 valence electrons. The van der Waals surface area contributed by atoms with Crippen LogP contribution >= 0.6 is 11.6 Å². The molecular formula is C15H18ClNO5S. The quantitative estimate of drug-likeness (QED) is 0.870. The van der Waals surface area contributed by atoms with E-state index in [9.17, 15) is 13.2 Å². The minimum atomic E-state index is -3.09. The molecule has 0 radical (unpaired) electrons. The smallest absolute Gasteiger partial charge is 0.251 e. The van der Waals surface area contributed by atoms with Crippen LogP contribution in [0.4, 0.5) is 0 Å². The monoisotopic (exact) mass is 359 g/mol. The predicted octanol–water partition coefficient (Wildman–Crippen LogP) is 1.81. The Morgan fingerprint density at radius 1 is 1.30 bits per heavy atom. The number of fused-ring (bicyclic) bond motifs is 1. The Hall–Kier alpha value is -1.47. The molecule has 0 aromatic heterocycles. The molecule has 2 aliphatic heterocycles. The first kappa shape index (κ1) is 16.4. The number of nitrogens with one attached hydrogen (secondary N) is 1. The molecule has 1 fully saturated rings. The molecular weight excluding hydrogens is 342 g/mol. The van der Waals surface area contributed by atoms with Crippen LogP contribution in [0, 0.1) is 0 Å². The third-order valence-corrected chi connectivity index (χ3v) is 6.17. The first-order valence-electron chi connectivity index (χ1n) is 7.40. The van der Waals surface area contributed by atoms with Crippen LogP contribution in [0.3, 0.4) is 0 Å². The summed E-state index contributed by atoms with van der Waals surface area (Å²) in [6.07, 6.45) is 1.14. The van der Waals surface area contributed by atoms with Crippen LogP contribution in [0.1, 0.15) is 30.1 Å². The van der Waals surface area contributed by atoms with E-state index in [1.165, 1.54) is 6.07 Å². The number of benzene rings is 1. The third-order valence-electron chi connectivity index (χ3n) is 3.98. The topological polar surface area (TPSA) is 81.7 Å². The molecule has 2 heterocycles. The molecule has 1 N–H and O–H groups in total. The number of rotatable bonds is 2. The fourth-order valence-electron chi connectivity index (χ4n) is 2.82. The van der Waals surface area contributed by atoms with Gasteiger partial charge in [-0.3, -0.25) is 4.79 Å². The second kappa shape index (κ2) is 5.87. The van der Waals surface area contributed by atoms with Crippen molar-refractivity contribution < 1.29 is 22.7 Å². The van der Waals surface area contributed by atoms with Gasteiger partial charge < -0.3 is 14.8 Å². The van der Waals surface area contributed by atoms with E-state index in [4.69, 9.17) is 21.1 Å². The van der Waals surface area contributed by atoms with E-state index in [0.29, 0.717) is 41.7 Å². The van der Waals surface area contributed by atoms with Crippen LogP contribution in [0.25, 0.3) is 0 Å². The maximum absolute atomic E-state index is 12.5. The van der Waals surface area contributed by atoms with Crippen molar-refractivity contribution in [1.82, 2.24) is 5.32 Å². The summed E-state index contributed by atoms with van der Waals surface area (Å²) in [5.74, 6) is 0.539. The van der Waals surface area contributed by atoms with Crippen LogP contribution in [0.2, 0.25) is 5.02 Å². The number of hydrogen-bond acceptors (Lipinski definition) is 5. The molecule has 0 bridgehead atoms. The summed E-state index contributed by atoms with van der Waals surface area (Å²) >= 11 is 6.18. The molecule has 0 aliphatic carbocycles. The zero-order valence-electron chi connectivity index (χ0n) is 12.7. The van der Waals surface area contributed by atoms with Gasteiger partial charge in [-0.15, -0.1) is 0 Å². The molecule has 2 aliphatic rings. The number of amides is 1. The first-order valence-corrected chi connectivity index (χ1v) is 9.60. The van der Waals surface area contributed by atoms with Gasteiger partial charge in [0.15, 0.2) is 21.3 Å². The van der Waals surface area contributed by atoms with E-state index >= 15 is 0 Å². The summed E-state index contributed by atoms with van der Waals surface area (Å²) in [7, 11) is -3.09. The lowest BCUT2D eigenvalue weighted by atomic mass is 10.0. The number of carbonyl (C=O) groups is 1. The molecule has 0 saturated carbocycles. The minimum Gasteiger partial charge on any atom is -0.489 e. The summed E-state index contributed by atoms with van der Waals surface area (Å²) in [5, 5.41) is 3.11. The van der Waals surface area contributed by atoms with Crippen LogP contribution in [-0.2, 0) is 9.84 Å². The molecule has 1 saturated heterocycles. The number of sulfone groups is 1. The number of halogens is 1. The Morgan fingerprint density at radius 3 is 2.74 bits per heavy atom. The number of hydrogen-bond donors (Lipinski definition) is 1. The Bertz CT molecular complexity index is 748. The Kier molecular flexibility index (Phi) is 4.18. The highest BCUT2D eigenvalue weighted by Gasteiger charge is 2.39. The van der Waals surface area contributed by atoms with Crippen LogP contribution in [0.15, 0.2) is 12.1 Å². The van der Waals surface area contributed by atoms with Gasteiger partial charge in [-0.2, -0.15) is 0 Å². The lowest BCUT2D eigenvalue weighted by Gasteiger charge is -2.24. The van der Waals surface area contributed by atoms with Crippen molar-refractivity contribution in [2.45, 2.75) is 25.3 Å².